The first-order valence-electron chi connectivity index (χ1n) is 5.69. The molecular weight excluding hydrogens is 228 g/mol. The number of carbonyl (C=O) groups is 1. The minimum Gasteiger partial charge on any atom is -0.481 e. The van der Waals surface area contributed by atoms with Gasteiger partial charge in [-0.3, -0.25) is 4.79 Å². The molecule has 2 aromatic rings. The van der Waals surface area contributed by atoms with Crippen LogP contribution in [0.3, 0.4) is 0 Å². The van der Waals surface area contributed by atoms with E-state index in [1.165, 1.54) is 0 Å². The number of benzene rings is 2. The molecule has 1 radical (unpaired) electrons. The van der Waals surface area contributed by atoms with Crippen LogP contribution in [0.4, 0.5) is 0 Å². The lowest BCUT2D eigenvalue weighted by molar-refractivity contribution is -0.136. The fraction of sp³-hybridized carbons (Fsp3) is 0.133. The fourth-order valence-corrected chi connectivity index (χ4v) is 1.59. The molecule has 0 heterocycles. The fourth-order valence-electron chi connectivity index (χ4n) is 1.59. The van der Waals surface area contributed by atoms with Gasteiger partial charge in [-0.05, 0) is 42.3 Å². The van der Waals surface area contributed by atoms with E-state index in [1.807, 2.05) is 36.4 Å². The van der Waals surface area contributed by atoms with Gasteiger partial charge in [-0.2, -0.15) is 0 Å². The molecule has 0 aliphatic carbocycles. The van der Waals surface area contributed by atoms with Gasteiger partial charge >= 0.3 is 5.97 Å². The first-order valence-corrected chi connectivity index (χ1v) is 5.69. The molecule has 0 fully saturated rings. The van der Waals surface area contributed by atoms with E-state index in [4.69, 9.17) is 9.84 Å². The Hall–Kier alpha value is -2.29. The Morgan fingerprint density at radius 1 is 1.22 bits per heavy atom. The van der Waals surface area contributed by atoms with Crippen LogP contribution in [0.2, 0.25) is 0 Å². The SMILES string of the molecule is O=C(O)CCc1cccc(Oc2c[c]ccc2)c1. The molecule has 0 unspecified atom stereocenters. The van der Waals surface area contributed by atoms with Gasteiger partial charge in [0.05, 0.1) is 0 Å². The highest BCUT2D eigenvalue weighted by atomic mass is 16.5. The van der Waals surface area contributed by atoms with Crippen LogP contribution >= 0.6 is 0 Å². The van der Waals surface area contributed by atoms with Gasteiger partial charge in [-0.25, -0.2) is 0 Å². The minimum absolute atomic E-state index is 0.128. The number of aliphatic carboxylic acids is 1. The highest BCUT2D eigenvalue weighted by Gasteiger charge is 2.01. The van der Waals surface area contributed by atoms with Crippen molar-refractivity contribution in [3.05, 3.63) is 60.2 Å². The summed E-state index contributed by atoms with van der Waals surface area (Å²) in [6.07, 6.45) is 0.635. The standard InChI is InChI=1S/C15H13O3/c16-15(17)10-9-12-5-4-8-14(11-12)18-13-6-2-1-3-7-13/h1-2,4-8,11H,9-10H2,(H,16,17). The van der Waals surface area contributed by atoms with Crippen molar-refractivity contribution in [2.45, 2.75) is 12.8 Å². The van der Waals surface area contributed by atoms with E-state index in [0.717, 1.165) is 5.56 Å². The Morgan fingerprint density at radius 2 is 2.06 bits per heavy atom. The van der Waals surface area contributed by atoms with Gasteiger partial charge in [0.1, 0.15) is 11.5 Å². The van der Waals surface area contributed by atoms with Crippen molar-refractivity contribution in [2.75, 3.05) is 0 Å². The van der Waals surface area contributed by atoms with Crippen LogP contribution in [-0.2, 0) is 11.2 Å². The van der Waals surface area contributed by atoms with Crippen LogP contribution < -0.4 is 4.74 Å². The molecule has 0 atom stereocenters. The molecule has 3 nitrogen and oxygen atoms in total. The largest absolute Gasteiger partial charge is 0.481 e. The zero-order chi connectivity index (χ0) is 12.8. The third-order valence-electron chi connectivity index (χ3n) is 2.44. The van der Waals surface area contributed by atoms with Gasteiger partial charge in [-0.15, -0.1) is 0 Å². The van der Waals surface area contributed by atoms with E-state index in [-0.39, 0.29) is 6.42 Å². The molecule has 2 aromatic carbocycles. The lowest BCUT2D eigenvalue weighted by atomic mass is 10.1. The molecule has 0 aromatic heterocycles. The smallest absolute Gasteiger partial charge is 0.303 e. The molecular formula is C15H13O3. The molecule has 0 aliphatic rings. The number of aryl methyl sites for hydroxylation is 1. The van der Waals surface area contributed by atoms with Crippen molar-refractivity contribution in [3.8, 4) is 11.5 Å². The lowest BCUT2D eigenvalue weighted by Crippen LogP contribution is -1.97. The van der Waals surface area contributed by atoms with Gasteiger partial charge in [0, 0.05) is 6.42 Å². The third-order valence-corrected chi connectivity index (χ3v) is 2.44. The first kappa shape index (κ1) is 12.2. The first-order chi connectivity index (χ1) is 8.74. The van der Waals surface area contributed by atoms with Crippen LogP contribution in [0, 0.1) is 6.07 Å². The number of carboxylic acid groups (broad SMARTS) is 1. The van der Waals surface area contributed by atoms with E-state index < -0.39 is 5.97 Å². The predicted molar refractivity (Wildman–Crippen MR) is 67.8 cm³/mol. The average Bonchev–Trinajstić information content (AvgIpc) is 2.38. The molecule has 0 amide bonds. The summed E-state index contributed by atoms with van der Waals surface area (Å²) >= 11 is 0. The van der Waals surface area contributed by atoms with Crippen molar-refractivity contribution in [3.63, 3.8) is 0 Å². The number of hydrogen-bond acceptors (Lipinski definition) is 2. The van der Waals surface area contributed by atoms with Crippen molar-refractivity contribution in [1.29, 1.82) is 0 Å². The summed E-state index contributed by atoms with van der Waals surface area (Å²) in [4.78, 5) is 10.5. The van der Waals surface area contributed by atoms with Crippen LogP contribution in [0.25, 0.3) is 0 Å². The average molecular weight is 241 g/mol. The minimum atomic E-state index is -0.793. The summed E-state index contributed by atoms with van der Waals surface area (Å²) in [5, 5.41) is 8.64. The monoisotopic (exact) mass is 241 g/mol. The molecule has 0 bridgehead atoms. The van der Waals surface area contributed by atoms with Gasteiger partial charge < -0.3 is 9.84 Å². The number of hydrogen-bond donors (Lipinski definition) is 1. The predicted octanol–water partition coefficient (Wildman–Crippen LogP) is 3.30. The maximum absolute atomic E-state index is 10.5. The van der Waals surface area contributed by atoms with Crippen molar-refractivity contribution in [1.82, 2.24) is 0 Å². The third kappa shape index (κ3) is 3.63. The molecule has 1 N–H and O–H groups in total. The zero-order valence-corrected chi connectivity index (χ0v) is 9.80. The summed E-state index contributed by atoms with van der Waals surface area (Å²) in [6.45, 7) is 0. The topological polar surface area (TPSA) is 46.5 Å². The van der Waals surface area contributed by atoms with Crippen molar-refractivity contribution < 1.29 is 14.6 Å². The molecule has 0 saturated heterocycles. The summed E-state index contributed by atoms with van der Waals surface area (Å²) < 4.78 is 5.65. The van der Waals surface area contributed by atoms with E-state index in [0.29, 0.717) is 17.9 Å². The molecule has 91 valence electrons. The van der Waals surface area contributed by atoms with Crippen molar-refractivity contribution >= 4 is 5.97 Å². The Kier molecular flexibility index (Phi) is 3.97. The summed E-state index contributed by atoms with van der Waals surface area (Å²) in [6, 6.07) is 17.6. The van der Waals surface area contributed by atoms with Gasteiger partial charge in [0.15, 0.2) is 0 Å². The molecule has 0 spiro atoms. The lowest BCUT2D eigenvalue weighted by Gasteiger charge is -2.06. The zero-order valence-electron chi connectivity index (χ0n) is 9.80. The molecule has 2 rings (SSSR count). The number of carboxylic acids is 1. The van der Waals surface area contributed by atoms with E-state index in [2.05, 4.69) is 6.07 Å². The van der Waals surface area contributed by atoms with Gasteiger partial charge in [0.2, 0.25) is 0 Å². The van der Waals surface area contributed by atoms with Crippen LogP contribution in [0.5, 0.6) is 11.5 Å². The summed E-state index contributed by atoms with van der Waals surface area (Å²) in [7, 11) is 0. The molecule has 0 saturated carbocycles. The Bertz CT molecular complexity index is 520. The highest BCUT2D eigenvalue weighted by molar-refractivity contribution is 5.67. The second-order valence-electron chi connectivity index (χ2n) is 3.88. The maximum atomic E-state index is 10.5. The Labute approximate surface area is 106 Å². The second-order valence-corrected chi connectivity index (χ2v) is 3.88. The van der Waals surface area contributed by atoms with E-state index in [1.54, 1.807) is 12.1 Å². The molecule has 0 aliphatic heterocycles. The summed E-state index contributed by atoms with van der Waals surface area (Å²) in [5.41, 5.74) is 0.954. The van der Waals surface area contributed by atoms with E-state index >= 15 is 0 Å². The molecule has 3 heteroatoms. The van der Waals surface area contributed by atoms with E-state index in [9.17, 15) is 4.79 Å². The van der Waals surface area contributed by atoms with Crippen molar-refractivity contribution in [2.24, 2.45) is 0 Å². The molecule has 18 heavy (non-hydrogen) atoms. The quantitative estimate of drug-likeness (QED) is 0.873. The Morgan fingerprint density at radius 3 is 2.78 bits per heavy atom. The van der Waals surface area contributed by atoms with Crippen LogP contribution in [0.15, 0.2) is 48.5 Å². The normalized spacial score (nSPS) is 10.0. The summed E-state index contributed by atoms with van der Waals surface area (Å²) in [5.74, 6) is 0.629. The Balaban J connectivity index is 2.05. The maximum Gasteiger partial charge on any atom is 0.303 e. The van der Waals surface area contributed by atoms with Gasteiger partial charge in [0.25, 0.3) is 0 Å². The van der Waals surface area contributed by atoms with Crippen LogP contribution in [0.1, 0.15) is 12.0 Å². The number of ether oxygens (including phenoxy) is 1. The number of rotatable bonds is 5. The van der Waals surface area contributed by atoms with Gasteiger partial charge in [-0.1, -0.05) is 24.3 Å². The van der Waals surface area contributed by atoms with Crippen LogP contribution in [-0.4, -0.2) is 11.1 Å². The second kappa shape index (κ2) is 5.87. The highest BCUT2D eigenvalue weighted by Crippen LogP contribution is 2.22.